The van der Waals surface area contributed by atoms with E-state index in [1.807, 2.05) is 12.1 Å². The number of halogens is 1. The molecular formula is C20H23ClN2O2. The van der Waals surface area contributed by atoms with E-state index in [0.29, 0.717) is 17.2 Å². The number of nitrogens with one attached hydrogen (secondary N) is 1. The van der Waals surface area contributed by atoms with Crippen molar-refractivity contribution in [3.63, 3.8) is 0 Å². The van der Waals surface area contributed by atoms with Gasteiger partial charge in [0.15, 0.2) is 0 Å². The first-order valence-corrected chi connectivity index (χ1v) is 8.88. The number of hydrogen-bond donors (Lipinski definition) is 1. The average molecular weight is 359 g/mol. The number of unbranched alkanes of at least 4 members (excludes halogenated alkanes) is 3. The minimum absolute atomic E-state index is 0.264. The highest BCUT2D eigenvalue weighted by molar-refractivity contribution is 6.30. The number of nitrogens with zero attached hydrogens (tertiary/aromatic N) is 1. The van der Waals surface area contributed by atoms with Crippen molar-refractivity contribution in [2.45, 2.75) is 32.6 Å². The van der Waals surface area contributed by atoms with Gasteiger partial charge in [-0.3, -0.25) is 4.79 Å². The topological polar surface area (TPSA) is 50.7 Å². The molecule has 2 aromatic rings. The van der Waals surface area contributed by atoms with E-state index in [1.54, 1.807) is 42.6 Å². The van der Waals surface area contributed by atoms with Crippen molar-refractivity contribution >= 4 is 23.7 Å². The van der Waals surface area contributed by atoms with E-state index in [9.17, 15) is 4.79 Å². The predicted molar refractivity (Wildman–Crippen MR) is 103 cm³/mol. The Hall–Kier alpha value is -2.33. The predicted octanol–water partition coefficient (Wildman–Crippen LogP) is 5.06. The van der Waals surface area contributed by atoms with Gasteiger partial charge in [-0.25, -0.2) is 5.43 Å². The summed E-state index contributed by atoms with van der Waals surface area (Å²) >= 11 is 5.82. The number of rotatable bonds is 9. The van der Waals surface area contributed by atoms with Gasteiger partial charge in [0.05, 0.1) is 12.8 Å². The Morgan fingerprint density at radius 2 is 1.80 bits per heavy atom. The molecule has 25 heavy (non-hydrogen) atoms. The Kier molecular flexibility index (Phi) is 7.99. The monoisotopic (exact) mass is 358 g/mol. The summed E-state index contributed by atoms with van der Waals surface area (Å²) in [4.78, 5) is 12.0. The molecule has 1 amide bonds. The van der Waals surface area contributed by atoms with Crippen LogP contribution in [0.15, 0.2) is 53.6 Å². The van der Waals surface area contributed by atoms with Crippen LogP contribution in [0.3, 0.4) is 0 Å². The fraction of sp³-hybridized carbons (Fsp3) is 0.300. The van der Waals surface area contributed by atoms with Gasteiger partial charge in [-0.1, -0.05) is 49.9 Å². The van der Waals surface area contributed by atoms with E-state index in [4.69, 9.17) is 16.3 Å². The van der Waals surface area contributed by atoms with Crippen molar-refractivity contribution in [2.24, 2.45) is 5.10 Å². The van der Waals surface area contributed by atoms with Gasteiger partial charge < -0.3 is 4.74 Å². The molecular weight excluding hydrogens is 336 g/mol. The van der Waals surface area contributed by atoms with Crippen LogP contribution in [0.4, 0.5) is 0 Å². The maximum Gasteiger partial charge on any atom is 0.271 e. The van der Waals surface area contributed by atoms with Crippen LogP contribution in [-0.2, 0) is 0 Å². The van der Waals surface area contributed by atoms with Crippen molar-refractivity contribution in [3.8, 4) is 5.75 Å². The quantitative estimate of drug-likeness (QED) is 0.387. The number of carbonyl (C=O) groups excluding carboxylic acids is 1. The maximum absolute atomic E-state index is 12.0. The molecule has 2 aromatic carbocycles. The van der Waals surface area contributed by atoms with Crippen molar-refractivity contribution in [1.29, 1.82) is 0 Å². The summed E-state index contributed by atoms with van der Waals surface area (Å²) in [6.45, 7) is 2.89. The Morgan fingerprint density at radius 3 is 2.48 bits per heavy atom. The molecule has 2 rings (SSSR count). The van der Waals surface area contributed by atoms with Crippen LogP contribution in [0.1, 0.15) is 48.5 Å². The molecule has 0 fully saturated rings. The molecule has 4 nitrogen and oxygen atoms in total. The third kappa shape index (κ3) is 6.98. The van der Waals surface area contributed by atoms with Crippen molar-refractivity contribution in [3.05, 3.63) is 64.7 Å². The largest absolute Gasteiger partial charge is 0.494 e. The van der Waals surface area contributed by atoms with Crippen molar-refractivity contribution < 1.29 is 9.53 Å². The summed E-state index contributed by atoms with van der Waals surface area (Å²) in [7, 11) is 0. The van der Waals surface area contributed by atoms with Crippen molar-refractivity contribution in [2.75, 3.05) is 6.61 Å². The second-order valence-electron chi connectivity index (χ2n) is 5.68. The van der Waals surface area contributed by atoms with E-state index in [1.165, 1.54) is 19.3 Å². The summed E-state index contributed by atoms with van der Waals surface area (Å²) in [5.74, 6) is 0.512. The standard InChI is InChI=1S/C20H23ClN2O2/c1-2-3-4-5-14-25-19-12-8-17(9-13-19)20(24)23-22-15-16-6-10-18(21)11-7-16/h6-13,15H,2-5,14H2,1H3,(H,23,24). The summed E-state index contributed by atoms with van der Waals surface area (Å²) in [6, 6.07) is 14.3. The molecule has 0 saturated carbocycles. The first-order chi connectivity index (χ1) is 12.2. The number of benzene rings is 2. The van der Waals surface area contributed by atoms with Crippen LogP contribution in [0.25, 0.3) is 0 Å². The van der Waals surface area contributed by atoms with Gasteiger partial charge in [-0.15, -0.1) is 0 Å². The van der Waals surface area contributed by atoms with E-state index >= 15 is 0 Å². The Balaban J connectivity index is 1.78. The van der Waals surface area contributed by atoms with Gasteiger partial charge in [-0.2, -0.15) is 5.10 Å². The SMILES string of the molecule is CCCCCCOc1ccc(C(=O)NN=Cc2ccc(Cl)cc2)cc1. The second-order valence-corrected chi connectivity index (χ2v) is 6.12. The molecule has 0 aliphatic carbocycles. The highest BCUT2D eigenvalue weighted by Crippen LogP contribution is 2.13. The minimum atomic E-state index is -0.264. The van der Waals surface area contributed by atoms with Crippen LogP contribution in [0.2, 0.25) is 5.02 Å². The van der Waals surface area contributed by atoms with Gasteiger partial charge in [0.25, 0.3) is 5.91 Å². The third-order valence-corrected chi connectivity index (χ3v) is 3.88. The van der Waals surface area contributed by atoms with Gasteiger partial charge in [0.1, 0.15) is 5.75 Å². The second kappa shape index (κ2) is 10.5. The molecule has 0 bridgehead atoms. The Labute approximate surface area is 153 Å². The highest BCUT2D eigenvalue weighted by Gasteiger charge is 2.04. The molecule has 0 heterocycles. The highest BCUT2D eigenvalue weighted by atomic mass is 35.5. The van der Waals surface area contributed by atoms with Crippen LogP contribution in [0, 0.1) is 0 Å². The lowest BCUT2D eigenvalue weighted by molar-refractivity contribution is 0.0955. The Bertz CT molecular complexity index is 682. The average Bonchev–Trinajstić information content (AvgIpc) is 2.63. The van der Waals surface area contributed by atoms with Gasteiger partial charge >= 0.3 is 0 Å². The van der Waals surface area contributed by atoms with Gasteiger partial charge in [0.2, 0.25) is 0 Å². The number of amides is 1. The van der Waals surface area contributed by atoms with Gasteiger partial charge in [0, 0.05) is 10.6 Å². The molecule has 0 spiro atoms. The normalized spacial score (nSPS) is 10.8. The molecule has 0 unspecified atom stereocenters. The fourth-order valence-electron chi connectivity index (χ4n) is 2.20. The van der Waals surface area contributed by atoms with E-state index < -0.39 is 0 Å². The smallest absolute Gasteiger partial charge is 0.271 e. The molecule has 0 radical (unpaired) electrons. The van der Waals surface area contributed by atoms with Crippen LogP contribution in [0.5, 0.6) is 5.75 Å². The lowest BCUT2D eigenvalue weighted by Gasteiger charge is -2.06. The van der Waals surface area contributed by atoms with Crippen LogP contribution in [-0.4, -0.2) is 18.7 Å². The number of hydrogen-bond acceptors (Lipinski definition) is 3. The molecule has 0 saturated heterocycles. The number of hydrazone groups is 1. The zero-order chi connectivity index (χ0) is 17.9. The molecule has 0 aromatic heterocycles. The zero-order valence-electron chi connectivity index (χ0n) is 14.4. The summed E-state index contributed by atoms with van der Waals surface area (Å²) in [6.07, 6.45) is 6.25. The maximum atomic E-state index is 12.0. The number of carbonyl (C=O) groups is 1. The number of ether oxygens (including phenoxy) is 1. The third-order valence-electron chi connectivity index (χ3n) is 3.63. The van der Waals surface area contributed by atoms with Gasteiger partial charge in [-0.05, 0) is 48.4 Å². The van der Waals surface area contributed by atoms with E-state index in [0.717, 1.165) is 17.7 Å². The zero-order valence-corrected chi connectivity index (χ0v) is 15.1. The summed E-state index contributed by atoms with van der Waals surface area (Å²) in [5, 5.41) is 4.61. The summed E-state index contributed by atoms with van der Waals surface area (Å²) < 4.78 is 5.66. The lowest BCUT2D eigenvalue weighted by atomic mass is 10.2. The first kappa shape index (κ1) is 19.0. The van der Waals surface area contributed by atoms with Crippen LogP contribution >= 0.6 is 11.6 Å². The minimum Gasteiger partial charge on any atom is -0.494 e. The molecule has 0 aliphatic rings. The van der Waals surface area contributed by atoms with E-state index in [-0.39, 0.29) is 5.91 Å². The summed E-state index contributed by atoms with van der Waals surface area (Å²) in [5.41, 5.74) is 3.90. The molecule has 132 valence electrons. The molecule has 1 N–H and O–H groups in total. The molecule has 0 atom stereocenters. The lowest BCUT2D eigenvalue weighted by Crippen LogP contribution is -2.17. The van der Waals surface area contributed by atoms with E-state index in [2.05, 4.69) is 17.5 Å². The van der Waals surface area contributed by atoms with Crippen molar-refractivity contribution in [1.82, 2.24) is 5.43 Å². The molecule has 5 heteroatoms. The fourth-order valence-corrected chi connectivity index (χ4v) is 2.33. The molecule has 0 aliphatic heterocycles. The Morgan fingerprint density at radius 1 is 1.08 bits per heavy atom. The van der Waals surface area contributed by atoms with Crippen LogP contribution < -0.4 is 10.2 Å². The first-order valence-electron chi connectivity index (χ1n) is 8.51.